The minimum absolute atomic E-state index is 0.170. The normalized spacial score (nSPS) is 11.9. The monoisotopic (exact) mass is 560 g/mol. The molecule has 0 bridgehead atoms. The molecule has 0 amide bonds. The van der Waals surface area contributed by atoms with Crippen LogP contribution in [0.25, 0.3) is 0 Å². The van der Waals surface area contributed by atoms with Crippen LogP contribution in [-0.2, 0) is 21.8 Å². The molecule has 0 aliphatic carbocycles. The van der Waals surface area contributed by atoms with Gasteiger partial charge in [0.1, 0.15) is 0 Å². The van der Waals surface area contributed by atoms with Crippen molar-refractivity contribution in [1.82, 2.24) is 0 Å². The predicted octanol–water partition coefficient (Wildman–Crippen LogP) is 7.03. The molecule has 0 aliphatic rings. The topological polar surface area (TPSA) is 39.4 Å². The van der Waals surface area contributed by atoms with Crippen LogP contribution in [0.3, 0.4) is 0 Å². The summed E-state index contributed by atoms with van der Waals surface area (Å²) >= 11 is -3.70. The van der Waals surface area contributed by atoms with E-state index in [1.807, 2.05) is 24.3 Å². The molecule has 4 rings (SSSR count). The third-order valence-electron chi connectivity index (χ3n) is 5.96. The summed E-state index contributed by atoms with van der Waals surface area (Å²) in [6, 6.07) is 34.9. The van der Waals surface area contributed by atoms with E-state index in [-0.39, 0.29) is 11.4 Å². The summed E-state index contributed by atoms with van der Waals surface area (Å²) in [5.41, 5.74) is 3.48. The van der Waals surface area contributed by atoms with Crippen molar-refractivity contribution in [3.8, 4) is 0 Å². The molecule has 1 heterocycles. The molecule has 0 aliphatic heterocycles. The van der Waals surface area contributed by atoms with Gasteiger partial charge in [0, 0.05) is 0 Å². The molecule has 0 N–H and O–H groups in total. The molecule has 0 fully saturated rings. The number of benzene rings is 3. The molecule has 0 atom stereocenters. The number of rotatable bonds is 8. The number of hydrogen-bond donors (Lipinski definition) is 0. The third-order valence-corrected chi connectivity index (χ3v) is 16.7. The van der Waals surface area contributed by atoms with E-state index in [0.717, 1.165) is 19.1 Å². The molecule has 0 saturated heterocycles. The molecule has 0 radical (unpaired) electrons. The molecule has 4 heteroatoms. The van der Waals surface area contributed by atoms with E-state index in [2.05, 4.69) is 93.6 Å². The Morgan fingerprint density at radius 1 is 0.676 bits per heavy atom. The van der Waals surface area contributed by atoms with E-state index >= 15 is 0 Å². The average molecular weight is 559 g/mol. The van der Waals surface area contributed by atoms with Gasteiger partial charge in [-0.15, -0.1) is 0 Å². The second-order valence-electron chi connectivity index (χ2n) is 9.97. The van der Waals surface area contributed by atoms with Crippen LogP contribution in [0.1, 0.15) is 53.8 Å². The van der Waals surface area contributed by atoms with Crippen molar-refractivity contribution in [1.29, 1.82) is 0 Å². The Bertz CT molecular complexity index is 1090. The van der Waals surface area contributed by atoms with Gasteiger partial charge in [0.25, 0.3) is 0 Å². The fraction of sp³-hybridized carbons (Fsp3) is 0.233. The van der Waals surface area contributed by atoms with Gasteiger partial charge in [-0.1, -0.05) is 0 Å². The summed E-state index contributed by atoms with van der Waals surface area (Å²) in [7, 11) is 0. The maximum atomic E-state index is 13.5. The molecule has 0 spiro atoms. The summed E-state index contributed by atoms with van der Waals surface area (Å²) in [4.78, 5) is 13.5. The molecular weight excluding hydrogens is 527 g/mol. The summed E-state index contributed by atoms with van der Waals surface area (Å²) in [5.74, 6) is 0.740. The van der Waals surface area contributed by atoms with Gasteiger partial charge in [-0.2, -0.15) is 0 Å². The van der Waals surface area contributed by atoms with Crippen molar-refractivity contribution in [2.75, 3.05) is 0 Å². The minimum atomic E-state index is -3.70. The van der Waals surface area contributed by atoms with Crippen LogP contribution in [-0.4, -0.2) is 24.8 Å². The molecule has 174 valence electrons. The molecule has 3 aromatic carbocycles. The number of carbonyl (C=O) groups excluding carboxylic acids is 1. The first-order valence-corrected chi connectivity index (χ1v) is 19.0. The van der Waals surface area contributed by atoms with Gasteiger partial charge in [-0.05, 0) is 0 Å². The zero-order chi connectivity index (χ0) is 24.0. The average Bonchev–Trinajstić information content (AvgIpc) is 3.32. The van der Waals surface area contributed by atoms with Crippen LogP contribution in [0.15, 0.2) is 108 Å². The van der Waals surface area contributed by atoms with Gasteiger partial charge in [-0.25, -0.2) is 0 Å². The van der Waals surface area contributed by atoms with Crippen molar-refractivity contribution >= 4 is 24.8 Å². The number of furan rings is 1. The van der Waals surface area contributed by atoms with E-state index in [4.69, 9.17) is 7.49 Å². The Kier molecular flexibility index (Phi) is 7.62. The third kappa shape index (κ3) is 6.41. The van der Waals surface area contributed by atoms with Crippen molar-refractivity contribution in [3.63, 3.8) is 0 Å². The van der Waals surface area contributed by atoms with Crippen LogP contribution in [0, 0.1) is 0 Å². The van der Waals surface area contributed by atoms with Crippen molar-refractivity contribution in [2.24, 2.45) is 0 Å². The van der Waals surface area contributed by atoms with Gasteiger partial charge in [0.2, 0.25) is 0 Å². The fourth-order valence-electron chi connectivity index (χ4n) is 4.30. The van der Waals surface area contributed by atoms with Gasteiger partial charge in [0.05, 0.1) is 0 Å². The van der Waals surface area contributed by atoms with E-state index in [1.165, 1.54) is 16.7 Å². The van der Waals surface area contributed by atoms with Crippen LogP contribution < -0.4 is 0 Å². The SMILES string of the molecule is CC(C)(C)c1ccc(C(=O)[O][Sn]([CH2]c2ccccc2)([CH2]c2ccccc2)[CH2]c2ccccc2)o1. The zero-order valence-corrected chi connectivity index (χ0v) is 23.0. The molecular formula is C30H32O3Sn. The molecule has 4 aromatic rings. The second-order valence-corrected chi connectivity index (χ2v) is 20.3. The molecule has 0 saturated carbocycles. The first-order valence-electron chi connectivity index (χ1n) is 11.8. The Morgan fingerprint density at radius 3 is 1.44 bits per heavy atom. The fourth-order valence-corrected chi connectivity index (χ4v) is 15.8. The van der Waals surface area contributed by atoms with Gasteiger partial charge >= 0.3 is 208 Å². The van der Waals surface area contributed by atoms with E-state index in [1.54, 1.807) is 6.07 Å². The van der Waals surface area contributed by atoms with Gasteiger partial charge < -0.3 is 0 Å². The summed E-state index contributed by atoms with van der Waals surface area (Å²) in [6.07, 6.45) is 0. The first kappa shape index (κ1) is 24.3. The maximum absolute atomic E-state index is 13.5. The molecule has 1 aromatic heterocycles. The Labute approximate surface area is 207 Å². The second kappa shape index (κ2) is 10.6. The quantitative estimate of drug-likeness (QED) is 0.218. The molecule has 3 nitrogen and oxygen atoms in total. The van der Waals surface area contributed by atoms with Gasteiger partial charge in [0.15, 0.2) is 0 Å². The standard InChI is InChI=1S/C9H12O3.3C7H7.Sn/c1-9(2,3)7-5-4-6(12-7)8(10)11;3*1-7-5-3-2-4-6-7;/h4-5H,1-3H3,(H,10,11);3*2-6H,1H2;/q;;;;+1/p-1. The van der Waals surface area contributed by atoms with Crippen molar-refractivity contribution in [2.45, 2.75) is 39.5 Å². The van der Waals surface area contributed by atoms with E-state index in [9.17, 15) is 4.79 Å². The van der Waals surface area contributed by atoms with Crippen LogP contribution in [0.5, 0.6) is 0 Å². The molecule has 0 unspecified atom stereocenters. The zero-order valence-electron chi connectivity index (χ0n) is 20.2. The van der Waals surface area contributed by atoms with Crippen LogP contribution in [0.4, 0.5) is 0 Å². The summed E-state index contributed by atoms with van der Waals surface area (Å²) in [6.45, 7) is 6.22. The van der Waals surface area contributed by atoms with Crippen LogP contribution in [0.2, 0.25) is 0 Å². The van der Waals surface area contributed by atoms with Crippen LogP contribution >= 0.6 is 0 Å². The first-order chi connectivity index (χ1) is 16.3. The Hall–Kier alpha value is -2.79. The molecule has 34 heavy (non-hydrogen) atoms. The summed E-state index contributed by atoms with van der Waals surface area (Å²) in [5, 5.41) is 0. The van der Waals surface area contributed by atoms with Crippen molar-refractivity contribution in [3.05, 3.63) is 131 Å². The number of hydrogen-bond acceptors (Lipinski definition) is 3. The predicted molar refractivity (Wildman–Crippen MR) is 139 cm³/mol. The Morgan fingerprint density at radius 2 is 1.09 bits per heavy atom. The van der Waals surface area contributed by atoms with E-state index < -0.39 is 18.8 Å². The van der Waals surface area contributed by atoms with Gasteiger partial charge in [-0.3, -0.25) is 0 Å². The number of carbonyl (C=O) groups is 1. The van der Waals surface area contributed by atoms with E-state index in [0.29, 0.717) is 5.76 Å². The Balaban J connectivity index is 1.73. The van der Waals surface area contributed by atoms with Crippen molar-refractivity contribution < 1.29 is 12.3 Å². The summed E-state index contributed by atoms with van der Waals surface area (Å²) < 4.78 is 15.0.